The molecule has 0 bridgehead atoms. The maximum Gasteiger partial charge on any atom is 0.247 e. The molecule has 1 aromatic heterocycles. The van der Waals surface area contributed by atoms with Crippen LogP contribution in [0.3, 0.4) is 0 Å². The number of likely N-dealkylation sites (N-methyl/N-ethyl adjacent to an activating group) is 1. The van der Waals surface area contributed by atoms with Crippen molar-refractivity contribution in [3.05, 3.63) is 62.5 Å². The third kappa shape index (κ3) is 6.43. The Kier molecular flexibility index (Phi) is 7.33. The van der Waals surface area contributed by atoms with Gasteiger partial charge in [-0.25, -0.2) is 4.39 Å². The number of nitrogens with zero attached hydrogens (tertiary/aromatic N) is 1. The fourth-order valence-electron chi connectivity index (χ4n) is 2.05. The summed E-state index contributed by atoms with van der Waals surface area (Å²) >= 11 is 4.89. The first kappa shape index (κ1) is 19.3. The van der Waals surface area contributed by atoms with Gasteiger partial charge in [0.2, 0.25) is 11.8 Å². The van der Waals surface area contributed by atoms with Gasteiger partial charge in [0, 0.05) is 24.0 Å². The van der Waals surface area contributed by atoms with Crippen LogP contribution in [0, 0.1) is 5.82 Å². The summed E-state index contributed by atoms with van der Waals surface area (Å²) in [5, 5.41) is 2.73. The quantitative estimate of drug-likeness (QED) is 0.686. The van der Waals surface area contributed by atoms with E-state index in [4.69, 9.17) is 0 Å². The number of thiophene rings is 1. The molecule has 0 saturated carbocycles. The van der Waals surface area contributed by atoms with Crippen molar-refractivity contribution in [1.82, 2.24) is 10.2 Å². The van der Waals surface area contributed by atoms with Crippen LogP contribution in [0.4, 0.5) is 4.39 Å². The molecule has 1 aromatic carbocycles. The first-order valence-corrected chi connectivity index (χ1v) is 9.32. The van der Waals surface area contributed by atoms with E-state index in [9.17, 15) is 14.0 Å². The zero-order valence-electron chi connectivity index (χ0n) is 13.7. The number of hydrogen-bond acceptors (Lipinski definition) is 3. The van der Waals surface area contributed by atoms with Gasteiger partial charge in [-0.15, -0.1) is 11.3 Å². The van der Waals surface area contributed by atoms with Crippen molar-refractivity contribution in [2.24, 2.45) is 0 Å². The number of halogens is 2. The lowest BCUT2D eigenvalue weighted by molar-refractivity contribution is -0.132. The Morgan fingerprint density at radius 2 is 1.96 bits per heavy atom. The van der Waals surface area contributed by atoms with Crippen LogP contribution in [-0.2, 0) is 16.1 Å². The van der Waals surface area contributed by atoms with Crippen molar-refractivity contribution in [1.29, 1.82) is 0 Å². The Bertz CT molecular complexity index is 759. The smallest absolute Gasteiger partial charge is 0.247 e. The van der Waals surface area contributed by atoms with Gasteiger partial charge in [-0.2, -0.15) is 0 Å². The second-order valence-electron chi connectivity index (χ2n) is 5.23. The van der Waals surface area contributed by atoms with Gasteiger partial charge in [-0.3, -0.25) is 9.59 Å². The van der Waals surface area contributed by atoms with Gasteiger partial charge in [0.1, 0.15) is 5.82 Å². The largest absolute Gasteiger partial charge is 0.350 e. The minimum atomic E-state index is -0.317. The van der Waals surface area contributed by atoms with Crippen LogP contribution in [0.25, 0.3) is 6.08 Å². The summed E-state index contributed by atoms with van der Waals surface area (Å²) in [6.45, 7) is 2.53. The van der Waals surface area contributed by atoms with E-state index >= 15 is 0 Å². The summed E-state index contributed by atoms with van der Waals surface area (Å²) in [6, 6.07) is 9.73. The molecule has 0 saturated heterocycles. The molecular formula is C18H18BrFN2O2S. The summed E-state index contributed by atoms with van der Waals surface area (Å²) in [4.78, 5) is 26.7. The zero-order chi connectivity index (χ0) is 18.2. The van der Waals surface area contributed by atoms with Crippen LogP contribution in [0.15, 0.2) is 46.3 Å². The molecule has 0 aliphatic heterocycles. The predicted octanol–water partition coefficient (Wildman–Crippen LogP) is 3.83. The molecule has 2 rings (SSSR count). The van der Waals surface area contributed by atoms with E-state index in [0.29, 0.717) is 13.1 Å². The van der Waals surface area contributed by atoms with Gasteiger partial charge >= 0.3 is 0 Å². The Hall–Kier alpha value is -1.99. The van der Waals surface area contributed by atoms with E-state index in [2.05, 4.69) is 21.2 Å². The molecule has 2 aromatic rings. The zero-order valence-corrected chi connectivity index (χ0v) is 16.1. The molecule has 4 nitrogen and oxygen atoms in total. The van der Waals surface area contributed by atoms with Crippen molar-refractivity contribution < 1.29 is 14.0 Å². The average Bonchev–Trinajstić information content (AvgIpc) is 3.02. The molecule has 25 heavy (non-hydrogen) atoms. The van der Waals surface area contributed by atoms with E-state index in [0.717, 1.165) is 14.2 Å². The number of rotatable bonds is 7. The van der Waals surface area contributed by atoms with Crippen molar-refractivity contribution in [3.63, 3.8) is 0 Å². The lowest BCUT2D eigenvalue weighted by Gasteiger charge is -2.18. The average molecular weight is 425 g/mol. The van der Waals surface area contributed by atoms with Crippen LogP contribution >= 0.6 is 27.3 Å². The minimum absolute atomic E-state index is 0.0188. The second-order valence-corrected chi connectivity index (χ2v) is 7.73. The highest BCUT2D eigenvalue weighted by Gasteiger charge is 2.13. The van der Waals surface area contributed by atoms with E-state index in [1.165, 1.54) is 34.4 Å². The molecule has 0 fully saturated rings. The maximum absolute atomic E-state index is 12.8. The third-order valence-electron chi connectivity index (χ3n) is 3.41. The van der Waals surface area contributed by atoms with Crippen molar-refractivity contribution >= 4 is 45.2 Å². The van der Waals surface area contributed by atoms with Gasteiger partial charge in [0.05, 0.1) is 10.3 Å². The maximum atomic E-state index is 12.8. The summed E-state index contributed by atoms with van der Waals surface area (Å²) < 4.78 is 13.8. The van der Waals surface area contributed by atoms with Crippen molar-refractivity contribution in [2.45, 2.75) is 13.5 Å². The SMILES string of the molecule is CCN(CC(=O)NCc1ccc(F)cc1)C(=O)/C=C/c1ccc(Br)s1. The number of nitrogens with one attached hydrogen (secondary N) is 1. The van der Waals surface area contributed by atoms with E-state index in [-0.39, 0.29) is 24.2 Å². The van der Waals surface area contributed by atoms with Gasteiger partial charge < -0.3 is 10.2 Å². The standard InChI is InChI=1S/C18H18BrFN2O2S/c1-2-22(18(24)10-8-15-7-9-16(19)25-15)12-17(23)21-11-13-3-5-14(20)6-4-13/h3-10H,2,11-12H2,1H3,(H,21,23)/b10-8+. The van der Waals surface area contributed by atoms with E-state index in [1.807, 2.05) is 19.1 Å². The summed E-state index contributed by atoms with van der Waals surface area (Å²) in [6.07, 6.45) is 3.20. The summed E-state index contributed by atoms with van der Waals surface area (Å²) in [7, 11) is 0. The Balaban J connectivity index is 1.84. The molecule has 1 heterocycles. The highest BCUT2D eigenvalue weighted by molar-refractivity contribution is 9.11. The topological polar surface area (TPSA) is 49.4 Å². The van der Waals surface area contributed by atoms with Crippen LogP contribution < -0.4 is 5.32 Å². The first-order chi connectivity index (χ1) is 12.0. The Morgan fingerprint density at radius 3 is 2.56 bits per heavy atom. The number of amides is 2. The number of carbonyl (C=O) groups excluding carboxylic acids is 2. The molecule has 2 amide bonds. The Labute approximate surface area is 158 Å². The highest BCUT2D eigenvalue weighted by atomic mass is 79.9. The molecule has 0 spiro atoms. The van der Waals surface area contributed by atoms with Gasteiger partial charge in [0.25, 0.3) is 0 Å². The molecule has 7 heteroatoms. The van der Waals surface area contributed by atoms with Crippen LogP contribution in [0.5, 0.6) is 0 Å². The summed E-state index contributed by atoms with van der Waals surface area (Å²) in [5.41, 5.74) is 0.798. The lowest BCUT2D eigenvalue weighted by Crippen LogP contribution is -2.39. The van der Waals surface area contributed by atoms with Gasteiger partial charge in [0.15, 0.2) is 0 Å². The molecule has 0 radical (unpaired) electrons. The van der Waals surface area contributed by atoms with Crippen molar-refractivity contribution in [3.8, 4) is 0 Å². The summed E-state index contributed by atoms with van der Waals surface area (Å²) in [5.74, 6) is -0.793. The van der Waals surface area contributed by atoms with E-state index in [1.54, 1.807) is 18.2 Å². The van der Waals surface area contributed by atoms with Gasteiger partial charge in [-0.1, -0.05) is 12.1 Å². The molecule has 132 valence electrons. The fourth-order valence-corrected chi connectivity index (χ4v) is 3.38. The molecule has 1 N–H and O–H groups in total. The predicted molar refractivity (Wildman–Crippen MR) is 102 cm³/mol. The highest BCUT2D eigenvalue weighted by Crippen LogP contribution is 2.23. The van der Waals surface area contributed by atoms with E-state index < -0.39 is 0 Å². The molecule has 0 unspecified atom stereocenters. The fraction of sp³-hybridized carbons (Fsp3) is 0.222. The monoisotopic (exact) mass is 424 g/mol. The first-order valence-electron chi connectivity index (χ1n) is 7.71. The van der Waals surface area contributed by atoms with Gasteiger partial charge in [-0.05, 0) is 58.8 Å². The van der Waals surface area contributed by atoms with Crippen molar-refractivity contribution in [2.75, 3.05) is 13.1 Å². The van der Waals surface area contributed by atoms with Crippen LogP contribution in [0.1, 0.15) is 17.4 Å². The molecule has 0 atom stereocenters. The third-order valence-corrected chi connectivity index (χ3v) is 5.00. The Morgan fingerprint density at radius 1 is 1.24 bits per heavy atom. The number of benzene rings is 1. The minimum Gasteiger partial charge on any atom is -0.350 e. The molecular weight excluding hydrogens is 407 g/mol. The number of carbonyl (C=O) groups is 2. The normalized spacial score (nSPS) is 10.8. The number of hydrogen-bond donors (Lipinski definition) is 1. The lowest BCUT2D eigenvalue weighted by atomic mass is 10.2. The van der Waals surface area contributed by atoms with Crippen LogP contribution in [-0.4, -0.2) is 29.8 Å². The molecule has 0 aliphatic rings. The van der Waals surface area contributed by atoms with Crippen LogP contribution in [0.2, 0.25) is 0 Å². The second kappa shape index (κ2) is 9.48. The molecule has 0 aliphatic carbocycles.